The van der Waals surface area contributed by atoms with Crippen LogP contribution in [0.3, 0.4) is 0 Å². The van der Waals surface area contributed by atoms with Crippen molar-refractivity contribution in [3.05, 3.63) is 73.9 Å². The minimum atomic E-state index is -6.00. The topological polar surface area (TPSA) is 0 Å². The van der Waals surface area contributed by atoms with Crippen molar-refractivity contribution in [2.75, 3.05) is 37.0 Å². The smallest absolute Gasteiger partial charge is 0.518 e. The second-order valence-electron chi connectivity index (χ2n) is 24.8. The van der Waals surface area contributed by atoms with E-state index in [4.69, 9.17) is 13.2 Å². The average Bonchev–Trinajstić information content (AvgIpc) is 4.37. The molecule has 88 heavy (non-hydrogen) atoms. The van der Waals surface area contributed by atoms with Crippen LogP contribution in [0.5, 0.6) is 0 Å². The minimum absolute atomic E-state index is 0. The van der Waals surface area contributed by atoms with Gasteiger partial charge in [0.25, 0.3) is 0 Å². The van der Waals surface area contributed by atoms with Gasteiger partial charge in [0.15, 0.2) is 0 Å². The standard InChI is InChI=1S/3C14H28P2.2C8H12.C6H8.3BF4.3Rh/c3*1-11-5-6-12(2)15(11)9-10-16-13(3)7-8-14(16)4;2*1-2-4-6-8-7-5-3-1;1-3-5-6-4-2;3*2-1(3,4)5;;;/h3*11-14H,5-10H2,1-4H3;2*1-2,7-8H,3-6H2;1-4H,5-6H2;;;;;;/q;;;;;-2;3*-1;;2*+2/b;;;2*2-1-,8-7-;;;;;;;/t3*11-,12-,13-,14-;;;;;;;;;/m111........./s1. The van der Waals surface area contributed by atoms with Crippen LogP contribution in [0.2, 0.25) is 0 Å². The van der Waals surface area contributed by atoms with E-state index in [-0.39, 0.29) is 58.4 Å². The average molecular weight is 1640 g/mol. The zero-order valence-corrected chi connectivity index (χ0v) is 65.9. The zero-order valence-electron chi connectivity index (χ0n) is 55.6. The monoisotopic (exact) mass is 1640 g/mol. The van der Waals surface area contributed by atoms with Gasteiger partial charge in [0.05, 0.1) is 0 Å². The van der Waals surface area contributed by atoms with Crippen LogP contribution in [0, 0.1) is 13.2 Å². The molecule has 0 bridgehead atoms. The van der Waals surface area contributed by atoms with Gasteiger partial charge in [-0.1, -0.05) is 145 Å². The summed E-state index contributed by atoms with van der Waals surface area (Å²) in [4.78, 5) is 0. The molecule has 6 aliphatic heterocycles. The van der Waals surface area contributed by atoms with E-state index in [2.05, 4.69) is 132 Å². The van der Waals surface area contributed by atoms with Crippen LogP contribution in [0.15, 0.2) is 60.8 Å². The Bertz CT molecular complexity index is 1450. The van der Waals surface area contributed by atoms with E-state index in [1.807, 2.05) is 0 Å². The fraction of sp³-hybridized carbons (Fsp3) is 0.812. The first kappa shape index (κ1) is 96.6. The quantitative estimate of drug-likeness (QED) is 0.0456. The van der Waals surface area contributed by atoms with Gasteiger partial charge in [-0.15, -0.1) is 47.5 Å². The molecule has 8 rings (SSSR count). The maximum atomic E-state index is 9.75. The van der Waals surface area contributed by atoms with Gasteiger partial charge in [-0.3, -0.25) is 12.2 Å². The van der Waals surface area contributed by atoms with Crippen molar-refractivity contribution in [1.82, 2.24) is 0 Å². The van der Waals surface area contributed by atoms with Gasteiger partial charge in [-0.25, -0.2) is 0 Å². The fourth-order valence-corrected chi connectivity index (χ4v) is 34.5. The van der Waals surface area contributed by atoms with Gasteiger partial charge in [0, 0.05) is 19.5 Å². The molecule has 3 radical (unpaired) electrons. The van der Waals surface area contributed by atoms with E-state index in [0.717, 1.165) is 80.7 Å². The summed E-state index contributed by atoms with van der Waals surface area (Å²) < 4.78 is 117. The Labute approximate surface area is 578 Å². The summed E-state index contributed by atoms with van der Waals surface area (Å²) in [5, 5.41) is 0. The van der Waals surface area contributed by atoms with Crippen LogP contribution in [0.4, 0.5) is 51.8 Å². The number of rotatable bonds is 12. The van der Waals surface area contributed by atoms with Crippen molar-refractivity contribution >= 4 is 69.3 Å². The van der Waals surface area contributed by atoms with E-state index in [1.165, 1.54) is 128 Å². The summed E-state index contributed by atoms with van der Waals surface area (Å²) in [5.74, 6) is 0. The molecule has 8 aliphatic rings. The van der Waals surface area contributed by atoms with E-state index >= 15 is 0 Å². The Kier molecular flexibility index (Phi) is 60.6. The molecular formula is C64H116B3F12P6Rh3-. The maximum Gasteiger partial charge on any atom is 2.00 e. The van der Waals surface area contributed by atoms with Crippen LogP contribution < -0.4 is 0 Å². The predicted octanol–water partition coefficient (Wildman–Crippen LogP) is 26.3. The molecule has 12 atom stereocenters. The first-order valence-electron chi connectivity index (χ1n) is 32.5. The molecule has 6 fully saturated rings. The van der Waals surface area contributed by atoms with Crippen LogP contribution in [0.1, 0.15) is 224 Å². The van der Waals surface area contributed by atoms with Gasteiger partial charge in [0.1, 0.15) is 0 Å². The molecule has 0 saturated carbocycles. The number of unbranched alkanes of at least 4 members (excludes halogenated alkanes) is 1. The Balaban J connectivity index is -0.000000468. The molecule has 0 unspecified atom stereocenters. The second-order valence-corrected chi connectivity index (χ2v) is 44.2. The summed E-state index contributed by atoms with van der Waals surface area (Å²) in [6, 6.07) is 0. The van der Waals surface area contributed by atoms with Crippen molar-refractivity contribution in [1.29, 1.82) is 0 Å². The molecule has 523 valence electrons. The van der Waals surface area contributed by atoms with E-state index < -0.39 is 21.8 Å². The van der Waals surface area contributed by atoms with Crippen LogP contribution in [0.25, 0.3) is 0 Å². The van der Waals surface area contributed by atoms with Crippen molar-refractivity contribution in [2.45, 2.75) is 292 Å². The van der Waals surface area contributed by atoms with Crippen LogP contribution in [-0.4, -0.2) is 127 Å². The third-order valence-corrected chi connectivity index (χ3v) is 40.0. The largest absolute Gasteiger partial charge is 2.00 e. The Morgan fingerprint density at radius 2 is 0.364 bits per heavy atom. The molecule has 0 aromatic rings. The third-order valence-electron chi connectivity index (χ3n) is 17.8. The molecule has 6 saturated heterocycles. The van der Waals surface area contributed by atoms with Crippen LogP contribution in [-0.2, 0) is 58.4 Å². The van der Waals surface area contributed by atoms with E-state index in [0.29, 0.717) is 47.5 Å². The first-order chi connectivity index (χ1) is 39.7. The van der Waals surface area contributed by atoms with Gasteiger partial charge in [0.2, 0.25) is 0 Å². The number of allylic oxidation sites excluding steroid dienone is 10. The summed E-state index contributed by atoms with van der Waals surface area (Å²) in [5.41, 5.74) is 12.9. The summed E-state index contributed by atoms with van der Waals surface area (Å²) in [6.45, 7) is 40.2. The Hall–Kier alpha value is 2.24. The second kappa shape index (κ2) is 55.2. The maximum absolute atomic E-state index is 9.75. The first-order valence-corrected chi connectivity index (χ1v) is 42.5. The van der Waals surface area contributed by atoms with E-state index in [1.54, 1.807) is 49.1 Å². The number of hydrogen-bond acceptors (Lipinski definition) is 0. The Morgan fingerprint density at radius 3 is 0.443 bits per heavy atom. The normalized spacial score (nSPS) is 30.5. The van der Waals surface area contributed by atoms with Crippen molar-refractivity contribution in [3.63, 3.8) is 0 Å². The van der Waals surface area contributed by atoms with Crippen LogP contribution >= 0.6 is 47.5 Å². The number of halogens is 12. The molecule has 0 spiro atoms. The molecule has 2 aliphatic carbocycles. The minimum Gasteiger partial charge on any atom is -0.518 e. The van der Waals surface area contributed by atoms with Gasteiger partial charge >= 0.3 is 60.7 Å². The van der Waals surface area contributed by atoms with Gasteiger partial charge < -0.3 is 64.9 Å². The van der Waals surface area contributed by atoms with E-state index in [9.17, 15) is 51.8 Å². The molecule has 0 N–H and O–H groups in total. The number of hydrogen-bond donors (Lipinski definition) is 0. The third kappa shape index (κ3) is 51.5. The Morgan fingerprint density at radius 1 is 0.273 bits per heavy atom. The van der Waals surface area contributed by atoms with Crippen molar-refractivity contribution in [3.8, 4) is 0 Å². The molecule has 0 aromatic heterocycles. The summed E-state index contributed by atoms with van der Waals surface area (Å²) in [7, 11) is -15.6. The predicted molar refractivity (Wildman–Crippen MR) is 371 cm³/mol. The van der Waals surface area contributed by atoms with Crippen molar-refractivity contribution < 1.29 is 110 Å². The molecule has 0 amide bonds. The van der Waals surface area contributed by atoms with Gasteiger partial charge in [-0.2, -0.15) is 0 Å². The SMILES string of the molecule is C1=C\CC/C=C\CC/1.C1=C\CC/C=C\CC/1.C[C@@H]1CC[C@@H](C)P1CCP1[C@H](C)CC[C@H]1C.C[C@@H]1CC[C@@H](C)P1CCP1[C@H](C)CC[C@H]1C.C[C@@H]1CC[C@@H](C)P1CCP1[C@H](C)CC[C@H]1C.F[B-](F)(F)F.F[B-](F)(F)F.F[B-](F)(F)F.[CH-]=CCCC=[CH-].[Rh+2].[Rh+2].[Rh]. The molecule has 0 nitrogen and oxygen atoms in total. The molecular weight excluding hydrogens is 1520 g/mol. The molecule has 6 heterocycles. The molecule has 0 aromatic carbocycles. The zero-order chi connectivity index (χ0) is 64.8. The molecule has 24 heteroatoms. The van der Waals surface area contributed by atoms with Gasteiger partial charge in [-0.05, 0) is 233 Å². The summed E-state index contributed by atoms with van der Waals surface area (Å²) in [6.07, 6.45) is 60.9. The van der Waals surface area contributed by atoms with Crippen molar-refractivity contribution in [2.24, 2.45) is 0 Å². The fourth-order valence-electron chi connectivity index (χ4n) is 12.7. The summed E-state index contributed by atoms with van der Waals surface area (Å²) >= 11 is 0.